The predicted molar refractivity (Wildman–Crippen MR) is 213 cm³/mol. The lowest BCUT2D eigenvalue weighted by atomic mass is 9.91. The lowest BCUT2D eigenvalue weighted by Gasteiger charge is -2.33. The fourth-order valence-electron chi connectivity index (χ4n) is 8.16. The monoisotopic (exact) mass is 662 g/mol. The fourth-order valence-corrected chi connectivity index (χ4v) is 8.16. The number of fused-ring (bicyclic) bond motifs is 6. The molecule has 8 aromatic carbocycles. The van der Waals surface area contributed by atoms with Crippen molar-refractivity contribution < 1.29 is 0 Å². The van der Waals surface area contributed by atoms with Crippen LogP contribution in [-0.2, 0) is 6.42 Å². The van der Waals surface area contributed by atoms with Gasteiger partial charge < -0.3 is 4.90 Å². The zero-order valence-corrected chi connectivity index (χ0v) is 28.2. The second-order valence-corrected chi connectivity index (χ2v) is 13.7. The van der Waals surface area contributed by atoms with Crippen LogP contribution in [0.15, 0.2) is 170 Å². The molecule has 0 amide bonds. The van der Waals surface area contributed by atoms with E-state index >= 15 is 0 Å². The first-order valence-corrected chi connectivity index (χ1v) is 17.7. The zero-order chi connectivity index (χ0) is 34.2. The quantitative estimate of drug-likeness (QED) is 0.188. The van der Waals surface area contributed by atoms with E-state index in [0.717, 1.165) is 39.6 Å². The highest BCUT2D eigenvalue weighted by atomic mass is 15.2. The van der Waals surface area contributed by atoms with Crippen LogP contribution in [-0.4, -0.2) is 15.0 Å². The van der Waals surface area contributed by atoms with E-state index in [4.69, 9.17) is 15.0 Å². The first-order valence-electron chi connectivity index (χ1n) is 17.7. The maximum atomic E-state index is 5.15. The van der Waals surface area contributed by atoms with Crippen molar-refractivity contribution in [2.45, 2.75) is 6.42 Å². The van der Waals surface area contributed by atoms with Crippen molar-refractivity contribution in [3.05, 3.63) is 181 Å². The van der Waals surface area contributed by atoms with Crippen LogP contribution >= 0.6 is 0 Å². The molecule has 4 nitrogen and oxygen atoms in total. The summed E-state index contributed by atoms with van der Waals surface area (Å²) in [5.74, 6) is 1.98. The topological polar surface area (TPSA) is 41.9 Å². The number of benzene rings is 8. The second kappa shape index (κ2) is 11.3. The minimum atomic E-state index is 0.652. The van der Waals surface area contributed by atoms with Crippen molar-refractivity contribution in [1.82, 2.24) is 15.0 Å². The van der Waals surface area contributed by atoms with Crippen LogP contribution in [0.5, 0.6) is 0 Å². The van der Waals surface area contributed by atoms with Crippen molar-refractivity contribution in [2.24, 2.45) is 0 Å². The highest BCUT2D eigenvalue weighted by molar-refractivity contribution is 6.14. The van der Waals surface area contributed by atoms with E-state index in [-0.39, 0.29) is 0 Å². The molecule has 1 aliphatic carbocycles. The molecule has 242 valence electrons. The summed E-state index contributed by atoms with van der Waals surface area (Å²) in [6, 6.07) is 60.6. The van der Waals surface area contributed by atoms with Crippen LogP contribution in [0.4, 0.5) is 17.1 Å². The summed E-state index contributed by atoms with van der Waals surface area (Å²) in [6.07, 6.45) is 0.952. The third kappa shape index (κ3) is 4.51. The van der Waals surface area contributed by atoms with Crippen LogP contribution in [0, 0.1) is 0 Å². The molecule has 0 saturated heterocycles. The Kier molecular flexibility index (Phi) is 6.28. The van der Waals surface area contributed by atoms with Crippen LogP contribution in [0.25, 0.3) is 78.0 Å². The second-order valence-electron chi connectivity index (χ2n) is 13.7. The van der Waals surface area contributed by atoms with E-state index in [0.29, 0.717) is 17.5 Å². The number of aromatic nitrogens is 3. The van der Waals surface area contributed by atoms with Gasteiger partial charge in [0.1, 0.15) is 0 Å². The lowest BCUT2D eigenvalue weighted by molar-refractivity contribution is 1.07. The van der Waals surface area contributed by atoms with Crippen LogP contribution < -0.4 is 4.90 Å². The van der Waals surface area contributed by atoms with Gasteiger partial charge in [-0.05, 0) is 86.8 Å². The minimum absolute atomic E-state index is 0.652. The van der Waals surface area contributed by atoms with Crippen molar-refractivity contribution in [1.29, 1.82) is 0 Å². The fraction of sp³-hybridized carbons (Fsp3) is 0.0208. The molecule has 0 spiro atoms. The normalized spacial score (nSPS) is 12.5. The Morgan fingerprint density at radius 1 is 0.365 bits per heavy atom. The Morgan fingerprint density at radius 2 is 1.00 bits per heavy atom. The Bertz CT molecular complexity index is 2890. The highest BCUT2D eigenvalue weighted by Gasteiger charge is 2.26. The molecule has 0 saturated carbocycles. The zero-order valence-electron chi connectivity index (χ0n) is 28.2. The molecule has 0 fully saturated rings. The molecule has 0 N–H and O–H groups in total. The molecule has 52 heavy (non-hydrogen) atoms. The number of nitrogens with zero attached hydrogens (tertiary/aromatic N) is 4. The first kappa shape index (κ1) is 28.9. The summed E-state index contributed by atoms with van der Waals surface area (Å²) in [7, 11) is 0. The molecule has 1 aromatic heterocycles. The summed E-state index contributed by atoms with van der Waals surface area (Å²) < 4.78 is 0. The molecule has 2 aliphatic rings. The number of rotatable bonds is 4. The molecular formula is C48H30N4. The van der Waals surface area contributed by atoms with Gasteiger partial charge in [0.15, 0.2) is 17.5 Å². The van der Waals surface area contributed by atoms with E-state index in [1.54, 1.807) is 0 Å². The van der Waals surface area contributed by atoms with Crippen LogP contribution in [0.1, 0.15) is 11.1 Å². The standard InChI is InChI=1S/C48H30N4/c1-2-10-32(11-3-1)46-49-47(51-48(50-46)36-23-21-34-26-33-12-4-5-15-39(33)42(34)29-36)35-22-20-30-24-25-38(28-37(30)27-35)52-43-18-7-6-16-40(43)41-17-8-13-31-14-9-19-44(52)45(31)41/h1-25,27-29H,26H2. The Morgan fingerprint density at radius 3 is 1.87 bits per heavy atom. The van der Waals surface area contributed by atoms with Crippen LogP contribution in [0.3, 0.4) is 0 Å². The SMILES string of the molecule is c1ccc(-c2nc(-c3ccc4c(c3)-c3ccccc3C4)nc(-c3ccc4ccc(N5c6ccccc6-c6cccc7cccc5c67)cc4c3)n2)cc1. The summed E-state index contributed by atoms with van der Waals surface area (Å²) >= 11 is 0. The number of para-hydroxylation sites is 1. The average Bonchev–Trinajstić information content (AvgIpc) is 3.59. The third-order valence-corrected chi connectivity index (χ3v) is 10.6. The van der Waals surface area contributed by atoms with E-state index in [2.05, 4.69) is 157 Å². The number of hydrogen-bond acceptors (Lipinski definition) is 4. The van der Waals surface area contributed by atoms with Crippen molar-refractivity contribution in [2.75, 3.05) is 4.90 Å². The Balaban J connectivity index is 1.06. The summed E-state index contributed by atoms with van der Waals surface area (Å²) in [5, 5.41) is 4.80. The van der Waals surface area contributed by atoms with Crippen molar-refractivity contribution in [3.8, 4) is 56.4 Å². The molecule has 4 heteroatoms. The van der Waals surface area contributed by atoms with Gasteiger partial charge >= 0.3 is 0 Å². The predicted octanol–water partition coefficient (Wildman–Crippen LogP) is 12.2. The molecule has 0 radical (unpaired) electrons. The lowest BCUT2D eigenvalue weighted by Crippen LogP contribution is -2.14. The molecule has 9 aromatic rings. The third-order valence-electron chi connectivity index (χ3n) is 10.6. The van der Waals surface area contributed by atoms with E-state index in [1.807, 2.05) is 18.2 Å². The molecule has 1 aliphatic heterocycles. The maximum Gasteiger partial charge on any atom is 0.164 e. The summed E-state index contributed by atoms with van der Waals surface area (Å²) in [6.45, 7) is 0. The molecule has 2 heterocycles. The van der Waals surface area contributed by atoms with Crippen LogP contribution in [0.2, 0.25) is 0 Å². The van der Waals surface area contributed by atoms with E-state index in [9.17, 15) is 0 Å². The van der Waals surface area contributed by atoms with Gasteiger partial charge in [-0.3, -0.25) is 0 Å². The number of anilines is 3. The minimum Gasteiger partial charge on any atom is -0.309 e. The largest absolute Gasteiger partial charge is 0.309 e. The van der Waals surface area contributed by atoms with Gasteiger partial charge in [0.25, 0.3) is 0 Å². The smallest absolute Gasteiger partial charge is 0.164 e. The summed E-state index contributed by atoms with van der Waals surface area (Å²) in [4.78, 5) is 17.7. The van der Waals surface area contributed by atoms with Gasteiger partial charge in [-0.2, -0.15) is 0 Å². The Labute approximate surface area is 301 Å². The molecular weight excluding hydrogens is 633 g/mol. The van der Waals surface area contributed by atoms with E-state index in [1.165, 1.54) is 55.5 Å². The van der Waals surface area contributed by atoms with Crippen molar-refractivity contribution >= 4 is 38.6 Å². The average molecular weight is 663 g/mol. The van der Waals surface area contributed by atoms with Gasteiger partial charge in [-0.15, -0.1) is 0 Å². The first-order chi connectivity index (χ1) is 25.7. The highest BCUT2D eigenvalue weighted by Crippen LogP contribution is 2.51. The van der Waals surface area contributed by atoms with Crippen molar-refractivity contribution in [3.63, 3.8) is 0 Å². The Hall–Kier alpha value is -6.91. The molecule has 0 bridgehead atoms. The van der Waals surface area contributed by atoms with Gasteiger partial charge in [-0.1, -0.05) is 133 Å². The van der Waals surface area contributed by atoms with Gasteiger partial charge in [0, 0.05) is 33.3 Å². The van der Waals surface area contributed by atoms with Gasteiger partial charge in [0.2, 0.25) is 0 Å². The van der Waals surface area contributed by atoms with E-state index < -0.39 is 0 Å². The van der Waals surface area contributed by atoms with Gasteiger partial charge in [0.05, 0.1) is 11.4 Å². The maximum absolute atomic E-state index is 5.15. The van der Waals surface area contributed by atoms with Gasteiger partial charge in [-0.25, -0.2) is 15.0 Å². The summed E-state index contributed by atoms with van der Waals surface area (Å²) in [5.41, 5.74) is 14.1. The molecule has 11 rings (SSSR count). The molecule has 0 atom stereocenters. The molecule has 0 unspecified atom stereocenters. The number of hydrogen-bond donors (Lipinski definition) is 0.